The summed E-state index contributed by atoms with van der Waals surface area (Å²) in [6, 6.07) is 7.43. The van der Waals surface area contributed by atoms with Crippen LogP contribution in [0.2, 0.25) is 0 Å². The standard InChI is InChI=1S/C13H16O4.C2H6/c1-16-11-3-2-4-12(7-11)17-8-9-5-10(6-9)13(14)15;1-2/h2-4,7,9-10H,5-6,8H2,1H3,(H,14,15);1-2H3. The second-order valence-electron chi connectivity index (χ2n) is 4.36. The molecule has 0 aromatic heterocycles. The molecular weight excluding hydrogens is 244 g/mol. The fraction of sp³-hybridized carbons (Fsp3) is 0.533. The van der Waals surface area contributed by atoms with Crippen molar-refractivity contribution in [3.05, 3.63) is 24.3 Å². The molecule has 0 aliphatic heterocycles. The maximum absolute atomic E-state index is 10.6. The molecule has 0 spiro atoms. The first-order valence-corrected chi connectivity index (χ1v) is 6.68. The normalized spacial score (nSPS) is 20.6. The Morgan fingerprint density at radius 1 is 1.32 bits per heavy atom. The molecule has 1 aromatic rings. The van der Waals surface area contributed by atoms with Crippen molar-refractivity contribution in [2.24, 2.45) is 11.8 Å². The van der Waals surface area contributed by atoms with E-state index >= 15 is 0 Å². The lowest BCUT2D eigenvalue weighted by Gasteiger charge is -2.31. The van der Waals surface area contributed by atoms with E-state index in [1.54, 1.807) is 7.11 Å². The zero-order chi connectivity index (χ0) is 14.3. The molecule has 0 heterocycles. The topological polar surface area (TPSA) is 55.8 Å². The van der Waals surface area contributed by atoms with Crippen LogP contribution in [0.15, 0.2) is 24.3 Å². The Bertz CT molecular complexity index is 397. The Labute approximate surface area is 114 Å². The molecule has 106 valence electrons. The van der Waals surface area contributed by atoms with E-state index in [0.717, 1.165) is 24.3 Å². The van der Waals surface area contributed by atoms with Crippen molar-refractivity contribution in [3.63, 3.8) is 0 Å². The molecule has 0 saturated heterocycles. The Hall–Kier alpha value is -1.71. The number of carbonyl (C=O) groups is 1. The van der Waals surface area contributed by atoms with E-state index in [4.69, 9.17) is 14.6 Å². The predicted octanol–water partition coefficient (Wildman–Crippen LogP) is 3.21. The molecular formula is C15H22O4. The Morgan fingerprint density at radius 2 is 1.95 bits per heavy atom. The molecule has 1 fully saturated rings. The molecule has 1 saturated carbocycles. The molecule has 4 heteroatoms. The number of benzene rings is 1. The first-order chi connectivity index (χ1) is 9.19. The van der Waals surface area contributed by atoms with Gasteiger partial charge < -0.3 is 14.6 Å². The van der Waals surface area contributed by atoms with Gasteiger partial charge in [0.15, 0.2) is 0 Å². The zero-order valence-electron chi connectivity index (χ0n) is 11.8. The first-order valence-electron chi connectivity index (χ1n) is 6.68. The van der Waals surface area contributed by atoms with Gasteiger partial charge in [0.1, 0.15) is 11.5 Å². The van der Waals surface area contributed by atoms with Gasteiger partial charge in [-0.1, -0.05) is 19.9 Å². The average Bonchev–Trinajstić information content (AvgIpc) is 2.39. The summed E-state index contributed by atoms with van der Waals surface area (Å²) < 4.78 is 10.7. The van der Waals surface area contributed by atoms with Crippen LogP contribution in [0.25, 0.3) is 0 Å². The average molecular weight is 266 g/mol. The Morgan fingerprint density at radius 3 is 2.53 bits per heavy atom. The van der Waals surface area contributed by atoms with Gasteiger partial charge in [0.25, 0.3) is 0 Å². The lowest BCUT2D eigenvalue weighted by Crippen LogP contribution is -2.33. The number of aliphatic carboxylic acids is 1. The highest BCUT2D eigenvalue weighted by atomic mass is 16.5. The second-order valence-corrected chi connectivity index (χ2v) is 4.36. The Balaban J connectivity index is 0.000000861. The van der Waals surface area contributed by atoms with E-state index in [1.165, 1.54) is 0 Å². The van der Waals surface area contributed by atoms with Gasteiger partial charge in [-0.25, -0.2) is 0 Å². The van der Waals surface area contributed by atoms with Crippen molar-refractivity contribution in [1.82, 2.24) is 0 Å². The third kappa shape index (κ3) is 4.47. The van der Waals surface area contributed by atoms with Crippen LogP contribution < -0.4 is 9.47 Å². The van der Waals surface area contributed by atoms with Gasteiger partial charge in [0.2, 0.25) is 0 Å². The van der Waals surface area contributed by atoms with Gasteiger partial charge in [-0.15, -0.1) is 0 Å². The van der Waals surface area contributed by atoms with Crippen LogP contribution in [-0.4, -0.2) is 24.8 Å². The van der Waals surface area contributed by atoms with Crippen molar-refractivity contribution < 1.29 is 19.4 Å². The number of rotatable bonds is 5. The van der Waals surface area contributed by atoms with Gasteiger partial charge >= 0.3 is 5.97 Å². The smallest absolute Gasteiger partial charge is 0.306 e. The van der Waals surface area contributed by atoms with Crippen molar-refractivity contribution >= 4 is 5.97 Å². The van der Waals surface area contributed by atoms with E-state index in [-0.39, 0.29) is 5.92 Å². The van der Waals surface area contributed by atoms with E-state index in [0.29, 0.717) is 12.5 Å². The maximum Gasteiger partial charge on any atom is 0.306 e. The zero-order valence-corrected chi connectivity index (χ0v) is 11.8. The highest BCUT2D eigenvalue weighted by Crippen LogP contribution is 2.34. The quantitative estimate of drug-likeness (QED) is 0.889. The van der Waals surface area contributed by atoms with Crippen molar-refractivity contribution in [2.45, 2.75) is 26.7 Å². The molecule has 0 radical (unpaired) electrons. The summed E-state index contributed by atoms with van der Waals surface area (Å²) in [7, 11) is 1.61. The van der Waals surface area contributed by atoms with Crippen LogP contribution in [0.3, 0.4) is 0 Å². The number of hydrogen-bond donors (Lipinski definition) is 1. The number of ether oxygens (including phenoxy) is 2. The van der Waals surface area contributed by atoms with Crippen molar-refractivity contribution in [3.8, 4) is 11.5 Å². The second kappa shape index (κ2) is 7.67. The first kappa shape index (κ1) is 15.3. The van der Waals surface area contributed by atoms with E-state index < -0.39 is 5.97 Å². The van der Waals surface area contributed by atoms with Crippen LogP contribution in [0, 0.1) is 11.8 Å². The number of carboxylic acid groups (broad SMARTS) is 1. The third-order valence-corrected chi connectivity index (χ3v) is 3.11. The highest BCUT2D eigenvalue weighted by Gasteiger charge is 2.34. The van der Waals surface area contributed by atoms with Crippen LogP contribution >= 0.6 is 0 Å². The van der Waals surface area contributed by atoms with Crippen LogP contribution in [0.5, 0.6) is 11.5 Å². The lowest BCUT2D eigenvalue weighted by molar-refractivity contribution is -0.146. The molecule has 1 N–H and O–H groups in total. The maximum atomic E-state index is 10.6. The van der Waals surface area contributed by atoms with E-state index in [9.17, 15) is 4.79 Å². The molecule has 2 rings (SSSR count). The fourth-order valence-electron chi connectivity index (χ4n) is 1.98. The van der Waals surface area contributed by atoms with Gasteiger partial charge in [0.05, 0.1) is 19.6 Å². The summed E-state index contributed by atoms with van der Waals surface area (Å²) in [5.74, 6) is 1.03. The summed E-state index contributed by atoms with van der Waals surface area (Å²) in [5, 5.41) is 8.75. The molecule has 0 unspecified atom stereocenters. The molecule has 19 heavy (non-hydrogen) atoms. The monoisotopic (exact) mass is 266 g/mol. The fourth-order valence-corrected chi connectivity index (χ4v) is 1.98. The SMILES string of the molecule is CC.COc1cccc(OCC2CC(C(=O)O)C2)c1. The van der Waals surface area contributed by atoms with Gasteiger partial charge in [-0.2, -0.15) is 0 Å². The van der Waals surface area contributed by atoms with Crippen LogP contribution in [0.1, 0.15) is 26.7 Å². The molecule has 0 amide bonds. The molecule has 1 aliphatic carbocycles. The summed E-state index contributed by atoms with van der Waals surface area (Å²) in [6.45, 7) is 4.58. The number of carboxylic acids is 1. The van der Waals surface area contributed by atoms with Crippen LogP contribution in [-0.2, 0) is 4.79 Å². The van der Waals surface area contributed by atoms with Crippen molar-refractivity contribution in [2.75, 3.05) is 13.7 Å². The van der Waals surface area contributed by atoms with Gasteiger partial charge in [-0.3, -0.25) is 4.79 Å². The summed E-state index contributed by atoms with van der Waals surface area (Å²) in [5.41, 5.74) is 0. The van der Waals surface area contributed by atoms with Gasteiger partial charge in [0, 0.05) is 6.07 Å². The molecule has 1 aromatic carbocycles. The molecule has 0 atom stereocenters. The largest absolute Gasteiger partial charge is 0.497 e. The molecule has 0 bridgehead atoms. The van der Waals surface area contributed by atoms with E-state index in [1.807, 2.05) is 38.1 Å². The summed E-state index contributed by atoms with van der Waals surface area (Å²) >= 11 is 0. The van der Waals surface area contributed by atoms with Crippen LogP contribution in [0.4, 0.5) is 0 Å². The number of methoxy groups -OCH3 is 1. The summed E-state index contributed by atoms with van der Waals surface area (Å²) in [6.07, 6.45) is 1.44. The molecule has 1 aliphatic rings. The predicted molar refractivity (Wildman–Crippen MR) is 73.7 cm³/mol. The van der Waals surface area contributed by atoms with Crippen molar-refractivity contribution in [1.29, 1.82) is 0 Å². The van der Waals surface area contributed by atoms with E-state index in [2.05, 4.69) is 0 Å². The summed E-state index contributed by atoms with van der Waals surface area (Å²) in [4.78, 5) is 10.6. The molecule has 4 nitrogen and oxygen atoms in total. The third-order valence-electron chi connectivity index (χ3n) is 3.11. The minimum atomic E-state index is -0.692. The minimum absolute atomic E-state index is 0.172. The van der Waals surface area contributed by atoms with Gasteiger partial charge in [-0.05, 0) is 30.9 Å². The lowest BCUT2D eigenvalue weighted by atomic mass is 9.75. The minimum Gasteiger partial charge on any atom is -0.497 e. The Kier molecular flexibility index (Phi) is 6.19. The number of hydrogen-bond acceptors (Lipinski definition) is 3. The highest BCUT2D eigenvalue weighted by molar-refractivity contribution is 5.71.